The topological polar surface area (TPSA) is 105 Å². The van der Waals surface area contributed by atoms with Gasteiger partial charge in [-0.1, -0.05) is 50.0 Å². The molecule has 39 heavy (non-hydrogen) atoms. The third kappa shape index (κ3) is 13.3. The Hall–Kier alpha value is -2.60. The SMILES string of the molecule is C=CCOC(=O)NC(C)(CCc1ccc(C#CCCOC2CCCCC2)o1)COP(=O)(OCC=C)OCC=C. The number of alkyl carbamates (subject to hydrolysis) is 1. The van der Waals surface area contributed by atoms with Gasteiger partial charge in [-0.05, 0) is 44.2 Å². The number of nitrogens with one attached hydrogen (secondary N) is 1. The summed E-state index contributed by atoms with van der Waals surface area (Å²) in [7, 11) is -3.94. The predicted octanol–water partition coefficient (Wildman–Crippen LogP) is 6.50. The van der Waals surface area contributed by atoms with Crippen LogP contribution in [0.4, 0.5) is 4.79 Å². The number of ether oxygens (including phenoxy) is 2. The fraction of sp³-hybridized carbons (Fsp3) is 0.552. The van der Waals surface area contributed by atoms with E-state index in [4.69, 9.17) is 27.5 Å². The lowest BCUT2D eigenvalue weighted by molar-refractivity contribution is 0.0320. The molecule has 1 aliphatic carbocycles. The second-order valence-electron chi connectivity index (χ2n) is 9.41. The number of rotatable bonds is 18. The van der Waals surface area contributed by atoms with E-state index >= 15 is 0 Å². The van der Waals surface area contributed by atoms with Gasteiger partial charge in [0.05, 0.1) is 38.1 Å². The molecule has 0 bridgehead atoms. The maximum absolute atomic E-state index is 13.0. The first kappa shape index (κ1) is 32.6. The molecular formula is C29H42NO8P. The minimum absolute atomic E-state index is 0.0388. The Labute approximate surface area is 232 Å². The minimum atomic E-state index is -3.94. The number of furan rings is 1. The maximum Gasteiger partial charge on any atom is 0.475 e. The van der Waals surface area contributed by atoms with E-state index in [2.05, 4.69) is 36.9 Å². The van der Waals surface area contributed by atoms with Gasteiger partial charge >= 0.3 is 13.9 Å². The summed E-state index contributed by atoms with van der Waals surface area (Å²) in [6, 6.07) is 3.65. The third-order valence-electron chi connectivity index (χ3n) is 5.91. The lowest BCUT2D eigenvalue weighted by Gasteiger charge is -2.31. The molecule has 1 atom stereocenters. The molecule has 1 aromatic rings. The van der Waals surface area contributed by atoms with Crippen molar-refractivity contribution >= 4 is 13.9 Å². The summed E-state index contributed by atoms with van der Waals surface area (Å²) < 4.78 is 45.9. The summed E-state index contributed by atoms with van der Waals surface area (Å²) in [6.45, 7) is 12.8. The Morgan fingerprint density at radius 3 is 2.46 bits per heavy atom. The first-order valence-electron chi connectivity index (χ1n) is 13.3. The number of carbonyl (C=O) groups is 1. The van der Waals surface area contributed by atoms with Crippen LogP contribution in [0.3, 0.4) is 0 Å². The highest BCUT2D eigenvalue weighted by Gasteiger charge is 2.34. The summed E-state index contributed by atoms with van der Waals surface area (Å²) in [5.41, 5.74) is -1.00. The maximum atomic E-state index is 13.0. The Bertz CT molecular complexity index is 1000. The number of hydrogen-bond acceptors (Lipinski definition) is 8. The van der Waals surface area contributed by atoms with Crippen LogP contribution in [0.2, 0.25) is 0 Å². The molecule has 0 radical (unpaired) electrons. The highest BCUT2D eigenvalue weighted by atomic mass is 31.2. The molecule has 0 aliphatic heterocycles. The van der Waals surface area contributed by atoms with Gasteiger partial charge in [0.2, 0.25) is 0 Å². The minimum Gasteiger partial charge on any atom is -0.453 e. The average Bonchev–Trinajstić information content (AvgIpc) is 3.40. The molecule has 1 heterocycles. The molecule has 1 aliphatic rings. The molecule has 1 saturated carbocycles. The largest absolute Gasteiger partial charge is 0.475 e. The fourth-order valence-corrected chi connectivity index (χ4v) is 5.09. The molecule has 1 aromatic heterocycles. The van der Waals surface area contributed by atoms with Crippen molar-refractivity contribution in [3.63, 3.8) is 0 Å². The van der Waals surface area contributed by atoms with Crippen molar-refractivity contribution in [3.8, 4) is 11.8 Å². The summed E-state index contributed by atoms with van der Waals surface area (Å²) in [6.07, 6.45) is 11.5. The van der Waals surface area contributed by atoms with E-state index < -0.39 is 19.5 Å². The van der Waals surface area contributed by atoms with Crippen LogP contribution >= 0.6 is 7.82 Å². The lowest BCUT2D eigenvalue weighted by atomic mass is 9.96. The Kier molecular flexibility index (Phi) is 15.0. The lowest BCUT2D eigenvalue weighted by Crippen LogP contribution is -2.50. The average molecular weight is 564 g/mol. The monoisotopic (exact) mass is 563 g/mol. The highest BCUT2D eigenvalue weighted by Crippen LogP contribution is 2.50. The van der Waals surface area contributed by atoms with Crippen LogP contribution in [-0.4, -0.2) is 50.8 Å². The standard InChI is InChI=1S/C29H42NO8P/c1-5-20-34-28(31)30-29(4,24-37-39(32,35-21-6-2)36-22-7-3)19-18-27-17-16-26(38-27)15-11-12-23-33-25-13-9-8-10-14-25/h5-7,16-17,25H,1-3,8-10,12-14,18-24H2,4H3,(H,30,31). The van der Waals surface area contributed by atoms with Crippen molar-refractivity contribution in [3.05, 3.63) is 61.6 Å². The third-order valence-corrected chi connectivity index (χ3v) is 7.28. The highest BCUT2D eigenvalue weighted by molar-refractivity contribution is 7.48. The van der Waals surface area contributed by atoms with Gasteiger partial charge in [-0.2, -0.15) is 0 Å². The first-order chi connectivity index (χ1) is 18.8. The van der Waals surface area contributed by atoms with E-state index in [1.165, 1.54) is 37.5 Å². The zero-order valence-corrected chi connectivity index (χ0v) is 23.9. The molecule has 0 saturated heterocycles. The zero-order chi connectivity index (χ0) is 28.4. The number of carbonyl (C=O) groups excluding carboxylic acids is 1. The second-order valence-corrected chi connectivity index (χ2v) is 11.1. The molecule has 1 amide bonds. The van der Waals surface area contributed by atoms with Crippen LogP contribution in [0.1, 0.15) is 63.4 Å². The summed E-state index contributed by atoms with van der Waals surface area (Å²) in [4.78, 5) is 12.3. The van der Waals surface area contributed by atoms with Gasteiger partial charge in [-0.3, -0.25) is 13.6 Å². The van der Waals surface area contributed by atoms with Crippen molar-refractivity contribution in [1.29, 1.82) is 0 Å². The molecule has 1 fully saturated rings. The van der Waals surface area contributed by atoms with Crippen molar-refractivity contribution < 1.29 is 36.8 Å². The normalized spacial score (nSPS) is 15.4. The summed E-state index contributed by atoms with van der Waals surface area (Å²) >= 11 is 0. The first-order valence-corrected chi connectivity index (χ1v) is 14.8. The quantitative estimate of drug-likeness (QED) is 0.0934. The molecule has 9 nitrogen and oxygen atoms in total. The molecule has 1 unspecified atom stereocenters. The van der Waals surface area contributed by atoms with Crippen LogP contribution in [-0.2, 0) is 34.0 Å². The molecule has 2 rings (SSSR count). The van der Waals surface area contributed by atoms with E-state index in [9.17, 15) is 9.36 Å². The number of phosphoric ester groups is 1. The van der Waals surface area contributed by atoms with E-state index in [-0.39, 0.29) is 26.4 Å². The van der Waals surface area contributed by atoms with Crippen LogP contribution in [0.5, 0.6) is 0 Å². The fourth-order valence-electron chi connectivity index (χ4n) is 3.85. The van der Waals surface area contributed by atoms with E-state index in [1.54, 1.807) is 6.92 Å². The van der Waals surface area contributed by atoms with Crippen LogP contribution in [0, 0.1) is 11.8 Å². The molecule has 1 N–H and O–H groups in total. The van der Waals surface area contributed by atoms with Gasteiger partial charge in [0.1, 0.15) is 12.4 Å². The van der Waals surface area contributed by atoms with Gasteiger partial charge in [-0.25, -0.2) is 9.36 Å². The predicted molar refractivity (Wildman–Crippen MR) is 150 cm³/mol. The molecule has 0 spiro atoms. The molecule has 10 heteroatoms. The van der Waals surface area contributed by atoms with Gasteiger partial charge in [0.15, 0.2) is 5.76 Å². The zero-order valence-electron chi connectivity index (χ0n) is 23.0. The van der Waals surface area contributed by atoms with E-state index in [0.717, 1.165) is 12.8 Å². The van der Waals surface area contributed by atoms with Crippen LogP contribution < -0.4 is 5.32 Å². The van der Waals surface area contributed by atoms with E-state index in [0.29, 0.717) is 43.5 Å². The van der Waals surface area contributed by atoms with Crippen molar-refractivity contribution in [2.75, 3.05) is 33.0 Å². The van der Waals surface area contributed by atoms with Crippen LogP contribution in [0.15, 0.2) is 54.5 Å². The second kappa shape index (κ2) is 17.9. The summed E-state index contributed by atoms with van der Waals surface area (Å²) in [5, 5.41) is 2.78. The molecule has 216 valence electrons. The number of amides is 1. The van der Waals surface area contributed by atoms with E-state index in [1.807, 2.05) is 12.1 Å². The van der Waals surface area contributed by atoms with Crippen LogP contribution in [0.25, 0.3) is 0 Å². The number of phosphoric acid groups is 1. The van der Waals surface area contributed by atoms with Crippen molar-refractivity contribution in [1.82, 2.24) is 5.32 Å². The smallest absolute Gasteiger partial charge is 0.453 e. The molecular weight excluding hydrogens is 521 g/mol. The van der Waals surface area contributed by atoms with Gasteiger partial charge < -0.3 is 19.2 Å². The number of aryl methyl sites for hydroxylation is 1. The van der Waals surface area contributed by atoms with Crippen molar-refractivity contribution in [2.24, 2.45) is 0 Å². The Morgan fingerprint density at radius 1 is 1.10 bits per heavy atom. The summed E-state index contributed by atoms with van der Waals surface area (Å²) in [5.74, 6) is 7.37. The van der Waals surface area contributed by atoms with Gasteiger partial charge in [0.25, 0.3) is 0 Å². The Balaban J connectivity index is 1.96. The molecule has 0 aromatic carbocycles. The Morgan fingerprint density at radius 2 is 1.79 bits per heavy atom. The number of hydrogen-bond donors (Lipinski definition) is 1. The van der Waals surface area contributed by atoms with Gasteiger partial charge in [-0.15, -0.1) is 13.2 Å². The van der Waals surface area contributed by atoms with Gasteiger partial charge in [0, 0.05) is 12.8 Å². The van der Waals surface area contributed by atoms with Crippen molar-refractivity contribution in [2.45, 2.75) is 69.9 Å².